The number of nitrogens with one attached hydrogen (secondary N) is 1. The van der Waals surface area contributed by atoms with Gasteiger partial charge in [0.15, 0.2) is 0 Å². The van der Waals surface area contributed by atoms with Gasteiger partial charge in [-0.1, -0.05) is 0 Å². The Morgan fingerprint density at radius 2 is 1.86 bits per heavy atom. The minimum Gasteiger partial charge on any atom is -0.464 e. The highest BCUT2D eigenvalue weighted by molar-refractivity contribution is 5.88. The molecule has 0 bridgehead atoms. The number of nitrogens with zero attached hydrogens (tertiary/aromatic N) is 3. The number of aromatic nitrogens is 2. The summed E-state index contributed by atoms with van der Waals surface area (Å²) in [7, 11) is 0. The second-order valence-corrected chi connectivity index (χ2v) is 2.13. The molecule has 0 aliphatic rings. The Hall–Kier alpha value is -2.38. The first kappa shape index (κ1) is 9.71. The molecule has 0 radical (unpaired) electrons. The fraction of sp³-hybridized carbons (Fsp3) is 0. The third-order valence-corrected chi connectivity index (χ3v) is 1.20. The van der Waals surface area contributed by atoms with E-state index >= 15 is 0 Å². The molecule has 1 heterocycles. The van der Waals surface area contributed by atoms with E-state index in [1.54, 1.807) is 5.43 Å². The van der Waals surface area contributed by atoms with E-state index in [4.69, 9.17) is 10.2 Å². The highest BCUT2D eigenvalue weighted by Gasteiger charge is 2.16. The molecule has 0 unspecified atom stereocenters. The minimum atomic E-state index is -1.49. The molecule has 1 rings (SSSR count). The molecule has 0 aliphatic heterocycles. The molecule has 0 saturated carbocycles. The number of carbonyl (C=O) groups is 2. The molecule has 0 fully saturated rings. The van der Waals surface area contributed by atoms with Gasteiger partial charge in [-0.15, -0.1) is 0 Å². The van der Waals surface area contributed by atoms with Crippen LogP contribution in [0.3, 0.4) is 0 Å². The van der Waals surface area contributed by atoms with Gasteiger partial charge < -0.3 is 10.2 Å². The van der Waals surface area contributed by atoms with Gasteiger partial charge >= 0.3 is 12.2 Å². The van der Waals surface area contributed by atoms with Crippen LogP contribution in [0.15, 0.2) is 18.7 Å². The number of carboxylic acid groups (broad SMARTS) is 2. The summed E-state index contributed by atoms with van der Waals surface area (Å²) in [5, 5.41) is 17.3. The molecular weight excluding hydrogens is 192 g/mol. The van der Waals surface area contributed by atoms with Crippen LogP contribution in [-0.2, 0) is 0 Å². The van der Waals surface area contributed by atoms with E-state index in [9.17, 15) is 9.59 Å². The number of hydrazine groups is 1. The van der Waals surface area contributed by atoms with Crippen molar-refractivity contribution in [3.63, 3.8) is 0 Å². The van der Waals surface area contributed by atoms with Crippen molar-refractivity contribution in [2.45, 2.75) is 0 Å². The zero-order valence-electron chi connectivity index (χ0n) is 6.78. The van der Waals surface area contributed by atoms with E-state index in [2.05, 4.69) is 9.97 Å². The first-order valence-corrected chi connectivity index (χ1v) is 3.39. The zero-order valence-corrected chi connectivity index (χ0v) is 6.78. The predicted octanol–water partition coefficient (Wildman–Crippen LogP) is 0.144. The van der Waals surface area contributed by atoms with Gasteiger partial charge in [0, 0.05) is 0 Å². The van der Waals surface area contributed by atoms with Crippen LogP contribution in [-0.4, -0.2) is 32.4 Å². The SMILES string of the molecule is O=C(O)NN(C(=O)O)c1cncnc1. The molecule has 0 aromatic carbocycles. The van der Waals surface area contributed by atoms with Crippen molar-refractivity contribution in [2.24, 2.45) is 0 Å². The van der Waals surface area contributed by atoms with E-state index in [0.717, 1.165) is 12.4 Å². The van der Waals surface area contributed by atoms with E-state index in [-0.39, 0.29) is 5.69 Å². The lowest BCUT2D eigenvalue weighted by atomic mass is 10.5. The van der Waals surface area contributed by atoms with Crippen molar-refractivity contribution in [1.82, 2.24) is 15.4 Å². The molecule has 74 valence electrons. The average Bonchev–Trinajstić information content (AvgIpc) is 2.15. The third-order valence-electron chi connectivity index (χ3n) is 1.20. The number of hydrogen-bond donors (Lipinski definition) is 3. The predicted molar refractivity (Wildman–Crippen MR) is 43.7 cm³/mol. The second-order valence-electron chi connectivity index (χ2n) is 2.13. The second kappa shape index (κ2) is 4.03. The van der Waals surface area contributed by atoms with E-state index in [1.165, 1.54) is 6.33 Å². The molecule has 3 N–H and O–H groups in total. The van der Waals surface area contributed by atoms with Crippen LogP contribution >= 0.6 is 0 Å². The van der Waals surface area contributed by atoms with Crippen LogP contribution in [0.4, 0.5) is 15.3 Å². The summed E-state index contributed by atoms with van der Waals surface area (Å²) >= 11 is 0. The third kappa shape index (κ3) is 2.30. The largest absolute Gasteiger partial charge is 0.464 e. The van der Waals surface area contributed by atoms with E-state index in [0.29, 0.717) is 5.01 Å². The maximum atomic E-state index is 10.6. The topological polar surface area (TPSA) is 116 Å². The van der Waals surface area contributed by atoms with Crippen LogP contribution in [0.25, 0.3) is 0 Å². The lowest BCUT2D eigenvalue weighted by Gasteiger charge is -2.16. The lowest BCUT2D eigenvalue weighted by Crippen LogP contribution is -2.45. The molecule has 8 heteroatoms. The molecule has 0 spiro atoms. The highest BCUT2D eigenvalue weighted by atomic mass is 16.4. The Bertz CT molecular complexity index is 341. The highest BCUT2D eigenvalue weighted by Crippen LogP contribution is 2.06. The summed E-state index contributed by atoms with van der Waals surface area (Å²) in [6.07, 6.45) is 0.566. The number of rotatable bonds is 1. The molecule has 2 amide bonds. The number of amides is 2. The van der Waals surface area contributed by atoms with Crippen molar-refractivity contribution < 1.29 is 19.8 Å². The standard InChI is InChI=1S/C6H6N4O4/c11-5(12)9-10(6(13)14)4-1-7-3-8-2-4/h1-3,9H,(H,11,12)(H,13,14). The summed E-state index contributed by atoms with van der Waals surface area (Å²) in [6.45, 7) is 0. The zero-order chi connectivity index (χ0) is 10.6. The van der Waals surface area contributed by atoms with Gasteiger partial charge in [-0.2, -0.15) is 5.01 Å². The normalized spacial score (nSPS) is 9.14. The van der Waals surface area contributed by atoms with Gasteiger partial charge in [0.2, 0.25) is 0 Å². The molecule has 0 saturated heterocycles. The molecule has 8 nitrogen and oxygen atoms in total. The molecule has 0 aliphatic carbocycles. The van der Waals surface area contributed by atoms with Gasteiger partial charge in [-0.25, -0.2) is 25.0 Å². The first-order valence-electron chi connectivity index (χ1n) is 3.39. The summed E-state index contributed by atoms with van der Waals surface area (Å²) in [5.41, 5.74) is 1.68. The van der Waals surface area contributed by atoms with Gasteiger partial charge in [-0.05, 0) is 0 Å². The van der Waals surface area contributed by atoms with Crippen molar-refractivity contribution in [3.05, 3.63) is 18.7 Å². The van der Waals surface area contributed by atoms with E-state index in [1.807, 2.05) is 0 Å². The fourth-order valence-corrected chi connectivity index (χ4v) is 0.725. The molecule has 0 atom stereocenters. The van der Waals surface area contributed by atoms with Crippen molar-refractivity contribution in [1.29, 1.82) is 0 Å². The lowest BCUT2D eigenvalue weighted by molar-refractivity contribution is 0.181. The fourth-order valence-electron chi connectivity index (χ4n) is 0.725. The van der Waals surface area contributed by atoms with Crippen LogP contribution in [0.2, 0.25) is 0 Å². The Kier molecular flexibility index (Phi) is 2.79. The van der Waals surface area contributed by atoms with Crippen LogP contribution in [0.5, 0.6) is 0 Å². The summed E-state index contributed by atoms with van der Waals surface area (Å²) in [4.78, 5) is 27.9. The van der Waals surface area contributed by atoms with Crippen LogP contribution in [0, 0.1) is 0 Å². The van der Waals surface area contributed by atoms with Gasteiger partial charge in [0.05, 0.1) is 12.4 Å². The maximum Gasteiger partial charge on any atom is 0.431 e. The monoisotopic (exact) mass is 198 g/mol. The molecular formula is C6H6N4O4. The Morgan fingerprint density at radius 1 is 1.29 bits per heavy atom. The number of hydrogen-bond acceptors (Lipinski definition) is 4. The summed E-state index contributed by atoms with van der Waals surface area (Å²) in [5.74, 6) is 0. The smallest absolute Gasteiger partial charge is 0.431 e. The first-order chi connectivity index (χ1) is 6.61. The average molecular weight is 198 g/mol. The quantitative estimate of drug-likeness (QED) is 0.553. The van der Waals surface area contributed by atoms with Crippen molar-refractivity contribution >= 4 is 17.9 Å². The summed E-state index contributed by atoms with van der Waals surface area (Å²) < 4.78 is 0. The summed E-state index contributed by atoms with van der Waals surface area (Å²) in [6, 6.07) is 0. The molecule has 14 heavy (non-hydrogen) atoms. The van der Waals surface area contributed by atoms with Gasteiger partial charge in [-0.3, -0.25) is 0 Å². The van der Waals surface area contributed by atoms with Gasteiger partial charge in [0.1, 0.15) is 12.0 Å². The van der Waals surface area contributed by atoms with Crippen LogP contribution < -0.4 is 10.4 Å². The molecule has 1 aromatic rings. The van der Waals surface area contributed by atoms with Crippen LogP contribution in [0.1, 0.15) is 0 Å². The Morgan fingerprint density at radius 3 is 2.29 bits per heavy atom. The van der Waals surface area contributed by atoms with Gasteiger partial charge in [0.25, 0.3) is 0 Å². The van der Waals surface area contributed by atoms with E-state index < -0.39 is 12.2 Å². The number of anilines is 1. The van der Waals surface area contributed by atoms with Crippen molar-refractivity contribution in [3.8, 4) is 0 Å². The minimum absolute atomic E-state index is 0.0161. The maximum absolute atomic E-state index is 10.6. The molecule has 1 aromatic heterocycles. The Balaban J connectivity index is 2.89. The Labute approximate surface area is 77.8 Å². The van der Waals surface area contributed by atoms with Crippen molar-refractivity contribution in [2.75, 3.05) is 5.01 Å².